The lowest BCUT2D eigenvalue weighted by molar-refractivity contribution is 0.126. The molecule has 2 fully saturated rings. The van der Waals surface area contributed by atoms with Crippen LogP contribution in [0, 0.1) is 5.92 Å². The molecule has 1 aliphatic heterocycles. The molecule has 2 rings (SSSR count). The summed E-state index contributed by atoms with van der Waals surface area (Å²) in [5.41, 5.74) is 0. The maximum absolute atomic E-state index is 3.68. The highest BCUT2D eigenvalue weighted by Crippen LogP contribution is 2.27. The third-order valence-corrected chi connectivity index (χ3v) is 4.57. The van der Waals surface area contributed by atoms with E-state index in [1.54, 1.807) is 0 Å². The van der Waals surface area contributed by atoms with E-state index in [4.69, 9.17) is 0 Å². The van der Waals surface area contributed by atoms with Crippen LogP contribution in [0.25, 0.3) is 0 Å². The Labute approximate surface area is 119 Å². The van der Waals surface area contributed by atoms with E-state index in [2.05, 4.69) is 35.9 Å². The molecule has 3 heteroatoms. The van der Waals surface area contributed by atoms with E-state index in [1.165, 1.54) is 58.4 Å². The predicted molar refractivity (Wildman–Crippen MR) is 82.6 cm³/mol. The summed E-state index contributed by atoms with van der Waals surface area (Å²) >= 11 is 0. The van der Waals surface area contributed by atoms with Crippen molar-refractivity contribution in [2.75, 3.05) is 39.3 Å². The first-order valence-electron chi connectivity index (χ1n) is 8.35. The van der Waals surface area contributed by atoms with E-state index in [0.717, 1.165) is 18.5 Å². The van der Waals surface area contributed by atoms with Crippen molar-refractivity contribution in [1.82, 2.24) is 15.1 Å². The first kappa shape index (κ1) is 15.3. The highest BCUT2D eigenvalue weighted by atomic mass is 15.3. The molecule has 112 valence electrons. The van der Waals surface area contributed by atoms with Crippen molar-refractivity contribution in [1.29, 1.82) is 0 Å². The molecule has 1 heterocycles. The maximum atomic E-state index is 3.68. The van der Waals surface area contributed by atoms with E-state index >= 15 is 0 Å². The Morgan fingerprint density at radius 1 is 1.00 bits per heavy atom. The maximum Gasteiger partial charge on any atom is 0.0113 e. The molecule has 1 aliphatic carbocycles. The molecule has 19 heavy (non-hydrogen) atoms. The number of nitrogens with one attached hydrogen (secondary N) is 1. The summed E-state index contributed by atoms with van der Waals surface area (Å²) in [5.74, 6) is 0.833. The molecule has 2 aliphatic rings. The Bertz CT molecular complexity index is 242. The molecule has 0 bridgehead atoms. The first-order valence-corrected chi connectivity index (χ1v) is 8.35. The first-order chi connectivity index (χ1) is 9.15. The molecule has 0 aromatic heterocycles. The molecule has 1 N–H and O–H groups in total. The van der Waals surface area contributed by atoms with Crippen molar-refractivity contribution in [3.8, 4) is 0 Å². The summed E-state index contributed by atoms with van der Waals surface area (Å²) < 4.78 is 0. The lowest BCUT2D eigenvalue weighted by atomic mass is 10.0. The van der Waals surface area contributed by atoms with Gasteiger partial charge in [-0.3, -0.25) is 9.80 Å². The lowest BCUT2D eigenvalue weighted by Gasteiger charge is -2.35. The number of piperazine rings is 1. The second-order valence-corrected chi connectivity index (χ2v) is 6.94. The lowest BCUT2D eigenvalue weighted by Crippen LogP contribution is -2.49. The number of rotatable bonds is 8. The number of nitrogens with zero attached hydrogens (tertiary/aromatic N) is 2. The van der Waals surface area contributed by atoms with Gasteiger partial charge >= 0.3 is 0 Å². The largest absolute Gasteiger partial charge is 0.313 e. The van der Waals surface area contributed by atoms with E-state index in [9.17, 15) is 0 Å². The zero-order valence-corrected chi connectivity index (χ0v) is 13.2. The van der Waals surface area contributed by atoms with Crippen LogP contribution in [-0.2, 0) is 0 Å². The van der Waals surface area contributed by atoms with Gasteiger partial charge in [-0.15, -0.1) is 0 Å². The summed E-state index contributed by atoms with van der Waals surface area (Å²) in [7, 11) is 0. The molecule has 1 saturated heterocycles. The van der Waals surface area contributed by atoms with E-state index in [0.29, 0.717) is 6.04 Å². The topological polar surface area (TPSA) is 18.5 Å². The van der Waals surface area contributed by atoms with Crippen LogP contribution in [0.15, 0.2) is 0 Å². The van der Waals surface area contributed by atoms with Crippen LogP contribution in [0.2, 0.25) is 0 Å². The summed E-state index contributed by atoms with van der Waals surface area (Å²) in [6, 6.07) is 1.63. The zero-order valence-electron chi connectivity index (χ0n) is 13.2. The highest BCUT2D eigenvalue weighted by Gasteiger charge is 2.30. The van der Waals surface area contributed by atoms with Gasteiger partial charge < -0.3 is 5.32 Å². The Morgan fingerprint density at radius 3 is 2.26 bits per heavy atom. The van der Waals surface area contributed by atoms with E-state index in [-0.39, 0.29) is 0 Å². The minimum absolute atomic E-state index is 0.676. The van der Waals surface area contributed by atoms with Crippen LogP contribution in [-0.4, -0.2) is 61.2 Å². The summed E-state index contributed by atoms with van der Waals surface area (Å²) in [6.07, 6.45) is 5.56. The van der Waals surface area contributed by atoms with E-state index in [1.807, 2.05) is 0 Å². The number of hydrogen-bond acceptors (Lipinski definition) is 3. The third-order valence-electron chi connectivity index (χ3n) is 4.57. The van der Waals surface area contributed by atoms with Crippen molar-refractivity contribution in [2.45, 2.75) is 58.5 Å². The van der Waals surface area contributed by atoms with Crippen molar-refractivity contribution in [3.05, 3.63) is 0 Å². The molecule has 0 aromatic carbocycles. The molecular weight excluding hydrogens is 234 g/mol. The van der Waals surface area contributed by atoms with Crippen LogP contribution < -0.4 is 5.32 Å². The molecule has 1 saturated carbocycles. The molecule has 0 amide bonds. The fourth-order valence-corrected chi connectivity index (χ4v) is 2.95. The second kappa shape index (κ2) is 7.61. The van der Waals surface area contributed by atoms with Crippen LogP contribution in [0.3, 0.4) is 0 Å². The minimum Gasteiger partial charge on any atom is -0.313 e. The van der Waals surface area contributed by atoms with Crippen molar-refractivity contribution in [3.63, 3.8) is 0 Å². The molecular formula is C16H33N3. The Kier molecular flexibility index (Phi) is 6.11. The summed E-state index contributed by atoms with van der Waals surface area (Å²) in [5, 5.41) is 3.68. The van der Waals surface area contributed by atoms with Gasteiger partial charge in [0.1, 0.15) is 0 Å². The van der Waals surface area contributed by atoms with Crippen LogP contribution >= 0.6 is 0 Å². The van der Waals surface area contributed by atoms with Gasteiger partial charge in [0, 0.05) is 51.4 Å². The quantitative estimate of drug-likeness (QED) is 0.727. The summed E-state index contributed by atoms with van der Waals surface area (Å²) in [6.45, 7) is 14.5. The smallest absolute Gasteiger partial charge is 0.0113 e. The molecule has 1 unspecified atom stereocenters. The third kappa shape index (κ3) is 5.80. The number of hydrogen-bond donors (Lipinski definition) is 1. The van der Waals surface area contributed by atoms with Gasteiger partial charge in [-0.05, 0) is 38.5 Å². The average Bonchev–Trinajstić information content (AvgIpc) is 3.21. The van der Waals surface area contributed by atoms with Gasteiger partial charge in [-0.1, -0.05) is 13.8 Å². The normalized spacial score (nSPS) is 24.0. The Hall–Kier alpha value is -0.120. The highest BCUT2D eigenvalue weighted by molar-refractivity contribution is 4.87. The van der Waals surface area contributed by atoms with Gasteiger partial charge in [0.05, 0.1) is 0 Å². The van der Waals surface area contributed by atoms with Gasteiger partial charge in [0.25, 0.3) is 0 Å². The molecule has 0 aromatic rings. The van der Waals surface area contributed by atoms with Crippen molar-refractivity contribution in [2.24, 2.45) is 5.92 Å². The fraction of sp³-hybridized carbons (Fsp3) is 1.00. The van der Waals surface area contributed by atoms with Gasteiger partial charge in [0.2, 0.25) is 0 Å². The van der Waals surface area contributed by atoms with Crippen molar-refractivity contribution < 1.29 is 0 Å². The monoisotopic (exact) mass is 267 g/mol. The molecule has 0 spiro atoms. The average molecular weight is 267 g/mol. The standard InChI is InChI=1S/C16H33N3/c1-14(2)4-5-15(3)17-8-9-18-10-12-19(13-11-18)16-6-7-16/h14-17H,4-13H2,1-3H3. The SMILES string of the molecule is CC(C)CCC(C)NCCN1CCN(C2CC2)CC1. The predicted octanol–water partition coefficient (Wildman–Crippen LogP) is 2.18. The molecule has 3 nitrogen and oxygen atoms in total. The van der Waals surface area contributed by atoms with Crippen LogP contribution in [0.1, 0.15) is 46.5 Å². The molecule has 0 radical (unpaired) electrons. The van der Waals surface area contributed by atoms with Gasteiger partial charge in [-0.2, -0.15) is 0 Å². The van der Waals surface area contributed by atoms with Crippen LogP contribution in [0.4, 0.5) is 0 Å². The summed E-state index contributed by atoms with van der Waals surface area (Å²) in [4.78, 5) is 5.32. The fourth-order valence-electron chi connectivity index (χ4n) is 2.95. The Balaban J connectivity index is 1.49. The molecule has 1 atom stereocenters. The van der Waals surface area contributed by atoms with Crippen LogP contribution in [0.5, 0.6) is 0 Å². The Morgan fingerprint density at radius 2 is 1.68 bits per heavy atom. The van der Waals surface area contributed by atoms with E-state index < -0.39 is 0 Å². The van der Waals surface area contributed by atoms with Gasteiger partial charge in [-0.25, -0.2) is 0 Å². The van der Waals surface area contributed by atoms with Gasteiger partial charge in [0.15, 0.2) is 0 Å². The van der Waals surface area contributed by atoms with Crippen molar-refractivity contribution >= 4 is 0 Å². The second-order valence-electron chi connectivity index (χ2n) is 6.94. The zero-order chi connectivity index (χ0) is 13.7. The minimum atomic E-state index is 0.676.